The van der Waals surface area contributed by atoms with Gasteiger partial charge in [0.1, 0.15) is 28.7 Å². The summed E-state index contributed by atoms with van der Waals surface area (Å²) in [5.74, 6) is 0.135. The van der Waals surface area contributed by atoms with Crippen LogP contribution in [0, 0.1) is 31.4 Å². The average molecular weight is 489 g/mol. The number of aryl methyl sites for hydroxylation is 2. The second-order valence-electron chi connectivity index (χ2n) is 10.6. The number of halogens is 2. The second kappa shape index (κ2) is 7.83. The summed E-state index contributed by atoms with van der Waals surface area (Å²) in [4.78, 5) is 18.8. The van der Waals surface area contributed by atoms with Crippen LogP contribution in [0.15, 0.2) is 30.6 Å². The standard InChI is InChI=1S/C27H26F2N6O/c1-14-15(2)32-26-24(31-14)23(20-4-3-19(28)8-21(20)29)33-25(34-26)17-5-6-36-22(7-17)18-12-30-35(13-18)27-9-16(10-27)11-27/h3-4,8,12-13,16-17,22H,5-7,9-11H2,1-2H3/t16?,17-,22+,27?/m1/s1. The highest BCUT2D eigenvalue weighted by atomic mass is 19.1. The largest absolute Gasteiger partial charge is 0.373 e. The van der Waals surface area contributed by atoms with E-state index >= 15 is 0 Å². The highest BCUT2D eigenvalue weighted by Gasteiger charge is 2.58. The molecule has 184 valence electrons. The van der Waals surface area contributed by atoms with Crippen molar-refractivity contribution in [3.05, 3.63) is 65.0 Å². The molecule has 36 heavy (non-hydrogen) atoms. The molecule has 0 radical (unpaired) electrons. The van der Waals surface area contributed by atoms with Crippen molar-refractivity contribution in [3.8, 4) is 11.3 Å². The molecule has 1 aliphatic heterocycles. The molecular weight excluding hydrogens is 462 g/mol. The maximum Gasteiger partial charge on any atom is 0.182 e. The van der Waals surface area contributed by atoms with Crippen molar-refractivity contribution in [1.29, 1.82) is 0 Å². The molecule has 4 heterocycles. The molecule has 0 amide bonds. The Kier molecular flexibility index (Phi) is 4.77. The van der Waals surface area contributed by atoms with Crippen LogP contribution in [-0.2, 0) is 10.3 Å². The highest BCUT2D eigenvalue weighted by molar-refractivity contribution is 5.87. The molecule has 8 rings (SSSR count). The fourth-order valence-corrected chi connectivity index (χ4v) is 5.92. The number of benzene rings is 1. The molecular formula is C27H26F2N6O. The van der Waals surface area contributed by atoms with E-state index in [1.165, 1.54) is 31.4 Å². The third kappa shape index (κ3) is 3.36. The van der Waals surface area contributed by atoms with Crippen molar-refractivity contribution in [2.45, 2.75) is 63.5 Å². The fraction of sp³-hybridized carbons (Fsp3) is 0.444. The van der Waals surface area contributed by atoms with Gasteiger partial charge in [0.15, 0.2) is 5.65 Å². The van der Waals surface area contributed by atoms with Crippen LogP contribution in [-0.4, -0.2) is 36.3 Å². The Morgan fingerprint density at radius 1 is 1.03 bits per heavy atom. The van der Waals surface area contributed by atoms with Gasteiger partial charge in [-0.15, -0.1) is 0 Å². The molecule has 0 unspecified atom stereocenters. The minimum absolute atomic E-state index is 0.00267. The van der Waals surface area contributed by atoms with Crippen molar-refractivity contribution >= 4 is 11.2 Å². The Hall–Kier alpha value is -3.33. The van der Waals surface area contributed by atoms with Gasteiger partial charge in [0.05, 0.1) is 29.2 Å². The molecule has 3 saturated carbocycles. The Morgan fingerprint density at radius 3 is 2.58 bits per heavy atom. The second-order valence-corrected chi connectivity index (χ2v) is 10.6. The predicted molar refractivity (Wildman–Crippen MR) is 128 cm³/mol. The molecule has 1 saturated heterocycles. The first kappa shape index (κ1) is 21.9. The van der Waals surface area contributed by atoms with Crippen molar-refractivity contribution in [2.24, 2.45) is 5.92 Å². The third-order valence-corrected chi connectivity index (χ3v) is 8.26. The summed E-state index contributed by atoms with van der Waals surface area (Å²) in [5, 5.41) is 4.67. The molecule has 2 atom stereocenters. The molecule has 4 fully saturated rings. The zero-order chi connectivity index (χ0) is 24.6. The Bertz CT molecular complexity index is 1500. The molecule has 7 nitrogen and oxygen atoms in total. The maximum absolute atomic E-state index is 14.9. The fourth-order valence-electron chi connectivity index (χ4n) is 5.92. The van der Waals surface area contributed by atoms with Crippen LogP contribution in [0.4, 0.5) is 8.78 Å². The Morgan fingerprint density at radius 2 is 1.83 bits per heavy atom. The molecule has 0 N–H and O–H groups in total. The van der Waals surface area contributed by atoms with Crippen LogP contribution >= 0.6 is 0 Å². The number of aromatic nitrogens is 6. The van der Waals surface area contributed by atoms with E-state index in [0.29, 0.717) is 35.7 Å². The van der Waals surface area contributed by atoms with Gasteiger partial charge in [0.2, 0.25) is 0 Å². The minimum Gasteiger partial charge on any atom is -0.373 e. The van der Waals surface area contributed by atoms with Crippen LogP contribution in [0.2, 0.25) is 0 Å². The summed E-state index contributed by atoms with van der Waals surface area (Å²) < 4.78 is 36.8. The summed E-state index contributed by atoms with van der Waals surface area (Å²) in [6.45, 7) is 4.28. The van der Waals surface area contributed by atoms with Gasteiger partial charge < -0.3 is 4.74 Å². The summed E-state index contributed by atoms with van der Waals surface area (Å²) in [7, 11) is 0. The normalized spacial score (nSPS) is 27.1. The summed E-state index contributed by atoms with van der Waals surface area (Å²) >= 11 is 0. The molecule has 2 bridgehead atoms. The number of ether oxygens (including phenoxy) is 1. The van der Waals surface area contributed by atoms with Crippen LogP contribution in [0.3, 0.4) is 0 Å². The lowest BCUT2D eigenvalue weighted by molar-refractivity contribution is -0.0980. The van der Waals surface area contributed by atoms with Gasteiger partial charge in [-0.1, -0.05) is 0 Å². The number of rotatable bonds is 4. The number of hydrogen-bond donors (Lipinski definition) is 0. The average Bonchev–Trinajstić information content (AvgIpc) is 3.27. The van der Waals surface area contributed by atoms with Crippen molar-refractivity contribution in [2.75, 3.05) is 6.61 Å². The lowest BCUT2D eigenvalue weighted by Crippen LogP contribution is -2.59. The van der Waals surface area contributed by atoms with Gasteiger partial charge >= 0.3 is 0 Å². The van der Waals surface area contributed by atoms with Crippen LogP contribution in [0.25, 0.3) is 22.4 Å². The van der Waals surface area contributed by atoms with E-state index in [4.69, 9.17) is 14.7 Å². The SMILES string of the molecule is Cc1nc2nc([C@@H]3CCO[C@H](c4cnn(C56CC(C5)C6)c4)C3)nc(-c3ccc(F)cc3F)c2nc1C. The van der Waals surface area contributed by atoms with Crippen LogP contribution in [0.1, 0.15) is 66.9 Å². The van der Waals surface area contributed by atoms with Crippen molar-refractivity contribution < 1.29 is 13.5 Å². The number of fused-ring (bicyclic) bond motifs is 1. The van der Waals surface area contributed by atoms with E-state index in [0.717, 1.165) is 35.4 Å². The molecule has 3 aliphatic carbocycles. The van der Waals surface area contributed by atoms with E-state index in [2.05, 4.69) is 25.9 Å². The molecule has 9 heteroatoms. The summed E-state index contributed by atoms with van der Waals surface area (Å²) in [5.41, 5.74) is 4.13. The highest BCUT2D eigenvalue weighted by Crippen LogP contribution is 2.62. The Balaban J connectivity index is 1.26. The van der Waals surface area contributed by atoms with Gasteiger partial charge in [0.25, 0.3) is 0 Å². The van der Waals surface area contributed by atoms with Gasteiger partial charge in [-0.3, -0.25) is 4.68 Å². The van der Waals surface area contributed by atoms with Crippen LogP contribution < -0.4 is 0 Å². The van der Waals surface area contributed by atoms with Gasteiger partial charge in [-0.2, -0.15) is 5.10 Å². The smallest absolute Gasteiger partial charge is 0.182 e. The maximum atomic E-state index is 14.9. The van der Waals surface area contributed by atoms with Gasteiger partial charge in [-0.05, 0) is 64.0 Å². The van der Waals surface area contributed by atoms with Gasteiger partial charge in [-0.25, -0.2) is 28.7 Å². The zero-order valence-electron chi connectivity index (χ0n) is 20.2. The summed E-state index contributed by atoms with van der Waals surface area (Å²) in [6.07, 6.45) is 9.08. The van der Waals surface area contributed by atoms with Crippen LogP contribution in [0.5, 0.6) is 0 Å². The quantitative estimate of drug-likeness (QED) is 0.387. The lowest BCUT2D eigenvalue weighted by Gasteiger charge is -2.61. The van der Waals surface area contributed by atoms with E-state index < -0.39 is 11.6 Å². The number of hydrogen-bond acceptors (Lipinski definition) is 6. The van der Waals surface area contributed by atoms with E-state index in [1.54, 1.807) is 0 Å². The lowest BCUT2D eigenvalue weighted by atomic mass is 9.50. The topological polar surface area (TPSA) is 78.6 Å². The van der Waals surface area contributed by atoms with Crippen molar-refractivity contribution in [1.82, 2.24) is 29.7 Å². The zero-order valence-corrected chi connectivity index (χ0v) is 20.2. The molecule has 0 spiro atoms. The van der Waals surface area contributed by atoms with Crippen molar-refractivity contribution in [3.63, 3.8) is 0 Å². The van der Waals surface area contributed by atoms with E-state index in [-0.39, 0.29) is 23.1 Å². The first-order valence-electron chi connectivity index (χ1n) is 12.5. The van der Waals surface area contributed by atoms with Gasteiger partial charge in [0, 0.05) is 35.9 Å². The van der Waals surface area contributed by atoms with E-state index in [9.17, 15) is 8.78 Å². The molecule has 1 aromatic carbocycles. The van der Waals surface area contributed by atoms with E-state index in [1.807, 2.05) is 20.0 Å². The third-order valence-electron chi connectivity index (χ3n) is 8.26. The summed E-state index contributed by atoms with van der Waals surface area (Å²) in [6, 6.07) is 3.50. The Labute approximate surface area is 207 Å². The monoisotopic (exact) mass is 488 g/mol. The molecule has 3 aromatic heterocycles. The first-order valence-corrected chi connectivity index (χ1v) is 12.5. The molecule has 4 aliphatic rings. The number of nitrogens with zero attached hydrogens (tertiary/aromatic N) is 6. The first-order chi connectivity index (χ1) is 17.4. The predicted octanol–water partition coefficient (Wildman–Crippen LogP) is 5.32. The molecule has 4 aromatic rings. The minimum atomic E-state index is -0.688.